The Morgan fingerprint density at radius 1 is 1.67 bits per heavy atom. The lowest BCUT2D eigenvalue weighted by Crippen LogP contribution is -2.29. The Balaban J connectivity index is 2.74. The first-order valence-corrected chi connectivity index (χ1v) is 2.86. The van der Waals surface area contributed by atoms with Crippen LogP contribution in [0.3, 0.4) is 0 Å². The van der Waals surface area contributed by atoms with Crippen LogP contribution < -0.4 is 5.43 Å². The van der Waals surface area contributed by atoms with E-state index in [0.717, 1.165) is 11.3 Å². The van der Waals surface area contributed by atoms with Gasteiger partial charge in [0.1, 0.15) is 0 Å². The molecule has 1 unspecified atom stereocenters. The fraction of sp³-hybridized carbons (Fsp3) is 0.500. The largest absolute Gasteiger partial charge is 0.369 e. The van der Waals surface area contributed by atoms with Crippen LogP contribution in [0.15, 0.2) is 16.8 Å². The highest BCUT2D eigenvalue weighted by Gasteiger charge is 2.07. The van der Waals surface area contributed by atoms with E-state index in [0.29, 0.717) is 0 Å². The number of rotatable bonds is 0. The second kappa shape index (κ2) is 2.19. The Bertz CT molecular complexity index is 172. The molecule has 0 saturated heterocycles. The molecule has 0 aliphatic carbocycles. The van der Waals surface area contributed by atoms with Crippen molar-refractivity contribution in [2.24, 2.45) is 5.10 Å². The van der Waals surface area contributed by atoms with Crippen molar-refractivity contribution in [2.75, 3.05) is 0 Å². The van der Waals surface area contributed by atoms with Crippen LogP contribution in [0.2, 0.25) is 0 Å². The number of hydrazone groups is 1. The molecule has 0 spiro atoms. The van der Waals surface area contributed by atoms with Crippen molar-refractivity contribution in [3.63, 3.8) is 0 Å². The van der Waals surface area contributed by atoms with Gasteiger partial charge >= 0.3 is 0 Å². The molecule has 2 N–H and O–H groups in total. The summed E-state index contributed by atoms with van der Waals surface area (Å²) >= 11 is 0. The summed E-state index contributed by atoms with van der Waals surface area (Å²) in [5, 5.41) is 12.8. The van der Waals surface area contributed by atoms with E-state index in [1.807, 2.05) is 19.9 Å². The lowest BCUT2D eigenvalue weighted by molar-refractivity contribution is 0.173. The third-order valence-corrected chi connectivity index (χ3v) is 1.23. The molecule has 0 aromatic carbocycles. The number of hydrogen-bond acceptors (Lipinski definition) is 3. The SMILES string of the molecule is CC1=CC(C)=NNC1O. The van der Waals surface area contributed by atoms with Gasteiger partial charge in [-0.25, -0.2) is 0 Å². The van der Waals surface area contributed by atoms with Gasteiger partial charge in [-0.1, -0.05) is 0 Å². The zero-order valence-electron chi connectivity index (χ0n) is 5.55. The molecule has 0 aromatic heterocycles. The van der Waals surface area contributed by atoms with Gasteiger partial charge in [-0.2, -0.15) is 5.10 Å². The molecule has 3 heteroatoms. The van der Waals surface area contributed by atoms with E-state index in [1.54, 1.807) is 0 Å². The molecule has 0 radical (unpaired) electrons. The van der Waals surface area contributed by atoms with E-state index in [-0.39, 0.29) is 0 Å². The minimum absolute atomic E-state index is 0.589. The van der Waals surface area contributed by atoms with Gasteiger partial charge in [0.15, 0.2) is 6.23 Å². The average molecular weight is 126 g/mol. The number of allylic oxidation sites excluding steroid dienone is 1. The van der Waals surface area contributed by atoms with Gasteiger partial charge in [-0.3, -0.25) is 5.43 Å². The van der Waals surface area contributed by atoms with Gasteiger partial charge in [0, 0.05) is 0 Å². The van der Waals surface area contributed by atoms with Crippen molar-refractivity contribution >= 4 is 5.71 Å². The predicted octanol–water partition coefficient (Wildman–Crippen LogP) is 0.230. The van der Waals surface area contributed by atoms with Crippen molar-refractivity contribution < 1.29 is 5.11 Å². The van der Waals surface area contributed by atoms with Crippen molar-refractivity contribution in [1.82, 2.24) is 5.43 Å². The van der Waals surface area contributed by atoms with Crippen molar-refractivity contribution in [3.8, 4) is 0 Å². The molecule has 1 atom stereocenters. The molecule has 1 heterocycles. The third kappa shape index (κ3) is 1.29. The summed E-state index contributed by atoms with van der Waals surface area (Å²) in [6.45, 7) is 3.73. The maximum absolute atomic E-state index is 9.01. The van der Waals surface area contributed by atoms with Crippen molar-refractivity contribution in [2.45, 2.75) is 20.1 Å². The molecular formula is C6H10N2O. The predicted molar refractivity (Wildman–Crippen MR) is 36.0 cm³/mol. The lowest BCUT2D eigenvalue weighted by Gasteiger charge is -2.15. The second-order valence-electron chi connectivity index (χ2n) is 2.17. The summed E-state index contributed by atoms with van der Waals surface area (Å²) in [6, 6.07) is 0. The molecule has 0 bridgehead atoms. The molecule has 9 heavy (non-hydrogen) atoms. The molecule has 1 rings (SSSR count). The van der Waals surface area contributed by atoms with Crippen LogP contribution in [0, 0.1) is 0 Å². The van der Waals surface area contributed by atoms with Gasteiger partial charge < -0.3 is 5.11 Å². The molecule has 3 nitrogen and oxygen atoms in total. The van der Waals surface area contributed by atoms with Crippen LogP contribution in [0.1, 0.15) is 13.8 Å². The van der Waals surface area contributed by atoms with Crippen molar-refractivity contribution in [3.05, 3.63) is 11.6 Å². The zero-order valence-corrected chi connectivity index (χ0v) is 5.55. The third-order valence-electron chi connectivity index (χ3n) is 1.23. The normalized spacial score (nSPS) is 26.3. The highest BCUT2D eigenvalue weighted by Crippen LogP contribution is 2.02. The van der Waals surface area contributed by atoms with Crippen LogP contribution in [-0.4, -0.2) is 17.0 Å². The molecule has 0 amide bonds. The van der Waals surface area contributed by atoms with Crippen molar-refractivity contribution in [1.29, 1.82) is 0 Å². The van der Waals surface area contributed by atoms with Crippen LogP contribution in [0.5, 0.6) is 0 Å². The second-order valence-corrected chi connectivity index (χ2v) is 2.17. The Kier molecular flexibility index (Phi) is 1.53. The van der Waals surface area contributed by atoms with Crippen LogP contribution >= 0.6 is 0 Å². The first-order valence-electron chi connectivity index (χ1n) is 2.86. The molecule has 0 fully saturated rings. The summed E-state index contributed by atoms with van der Waals surface area (Å²) in [5.41, 5.74) is 4.36. The number of aliphatic hydroxyl groups is 1. The van der Waals surface area contributed by atoms with E-state index in [2.05, 4.69) is 10.5 Å². The minimum Gasteiger partial charge on any atom is -0.369 e. The molecule has 1 aliphatic heterocycles. The van der Waals surface area contributed by atoms with Gasteiger partial charge in [0.2, 0.25) is 0 Å². The number of nitrogens with one attached hydrogen (secondary N) is 1. The number of aliphatic hydroxyl groups excluding tert-OH is 1. The summed E-state index contributed by atoms with van der Waals surface area (Å²) in [5.74, 6) is 0. The summed E-state index contributed by atoms with van der Waals surface area (Å²) in [6.07, 6.45) is 1.26. The van der Waals surface area contributed by atoms with Gasteiger partial charge in [0.05, 0.1) is 5.71 Å². The highest BCUT2D eigenvalue weighted by atomic mass is 16.3. The summed E-state index contributed by atoms with van der Waals surface area (Å²) in [4.78, 5) is 0. The Hall–Kier alpha value is -0.830. The molecular weight excluding hydrogens is 116 g/mol. The molecule has 50 valence electrons. The lowest BCUT2D eigenvalue weighted by atomic mass is 10.2. The fourth-order valence-electron chi connectivity index (χ4n) is 0.705. The van der Waals surface area contributed by atoms with E-state index < -0.39 is 6.23 Å². The molecule has 0 saturated carbocycles. The summed E-state index contributed by atoms with van der Waals surface area (Å²) in [7, 11) is 0. The van der Waals surface area contributed by atoms with Gasteiger partial charge in [0.25, 0.3) is 0 Å². The monoisotopic (exact) mass is 126 g/mol. The van der Waals surface area contributed by atoms with Crippen LogP contribution in [0.25, 0.3) is 0 Å². The average Bonchev–Trinajstić information content (AvgIpc) is 1.80. The number of nitrogens with zero attached hydrogens (tertiary/aromatic N) is 1. The molecule has 1 aliphatic rings. The molecule has 0 aromatic rings. The van der Waals surface area contributed by atoms with Crippen LogP contribution in [0.4, 0.5) is 0 Å². The Labute approximate surface area is 54.1 Å². The zero-order chi connectivity index (χ0) is 6.85. The first kappa shape index (κ1) is 6.29. The van der Waals surface area contributed by atoms with E-state index >= 15 is 0 Å². The van der Waals surface area contributed by atoms with E-state index in [1.165, 1.54) is 0 Å². The smallest absolute Gasteiger partial charge is 0.161 e. The maximum Gasteiger partial charge on any atom is 0.161 e. The van der Waals surface area contributed by atoms with E-state index in [9.17, 15) is 0 Å². The fourth-order valence-corrected chi connectivity index (χ4v) is 0.705. The maximum atomic E-state index is 9.01. The van der Waals surface area contributed by atoms with E-state index in [4.69, 9.17) is 5.11 Å². The van der Waals surface area contributed by atoms with Gasteiger partial charge in [-0.05, 0) is 25.5 Å². The van der Waals surface area contributed by atoms with Crippen LogP contribution in [-0.2, 0) is 0 Å². The summed E-state index contributed by atoms with van der Waals surface area (Å²) < 4.78 is 0. The quantitative estimate of drug-likeness (QED) is 0.488. The Morgan fingerprint density at radius 3 is 2.78 bits per heavy atom. The minimum atomic E-state index is -0.589. The number of hydrogen-bond donors (Lipinski definition) is 2. The highest BCUT2D eigenvalue weighted by molar-refractivity contribution is 5.93. The first-order chi connectivity index (χ1) is 4.20. The standard InChI is InChI=1S/C6H10N2O/c1-4-3-5(2)7-8-6(4)9/h3,6,8-9H,1-2H3. The van der Waals surface area contributed by atoms with Gasteiger partial charge in [-0.15, -0.1) is 0 Å². The topological polar surface area (TPSA) is 44.6 Å². The Morgan fingerprint density at radius 2 is 2.33 bits per heavy atom.